The number of likely N-dealkylation sites (N-methyl/N-ethyl adjacent to an activating group) is 1. The van der Waals surface area contributed by atoms with Crippen molar-refractivity contribution in [2.75, 3.05) is 19.6 Å². The molecule has 1 aliphatic heterocycles. The van der Waals surface area contributed by atoms with Gasteiger partial charge in [-0.15, -0.1) is 0 Å². The van der Waals surface area contributed by atoms with Crippen LogP contribution in [0.5, 0.6) is 0 Å². The van der Waals surface area contributed by atoms with Gasteiger partial charge in [0.15, 0.2) is 5.69 Å². The summed E-state index contributed by atoms with van der Waals surface area (Å²) in [6, 6.07) is 17.4. The number of rotatable bonds is 6. The Balaban J connectivity index is 1.64. The topological polar surface area (TPSA) is 68.4 Å². The van der Waals surface area contributed by atoms with Crippen LogP contribution < -0.4 is 15.8 Å². The number of fused-ring (bicyclic) bond motifs is 1. The third kappa shape index (κ3) is 4.07. The maximum Gasteiger partial charge on any atom is 0.274 e. The number of amides is 1. The van der Waals surface area contributed by atoms with Crippen LogP contribution in [0.2, 0.25) is 0 Å². The number of hydrogen-bond donors (Lipinski definition) is 2. The van der Waals surface area contributed by atoms with Gasteiger partial charge in [-0.25, -0.2) is 4.68 Å². The monoisotopic (exact) mass is 391 g/mol. The second kappa shape index (κ2) is 8.57. The van der Waals surface area contributed by atoms with Crippen LogP contribution in [-0.2, 0) is 6.54 Å². The van der Waals surface area contributed by atoms with Crippen molar-refractivity contribution in [1.82, 2.24) is 15.1 Å². The Morgan fingerprint density at radius 2 is 1.86 bits per heavy atom. The zero-order chi connectivity index (χ0) is 20.2. The predicted octanol–water partition coefficient (Wildman–Crippen LogP) is 1.24. The molecule has 1 unspecified atom stereocenters. The van der Waals surface area contributed by atoms with Gasteiger partial charge < -0.3 is 10.2 Å². The van der Waals surface area contributed by atoms with Crippen molar-refractivity contribution in [3.8, 4) is 0 Å². The first-order valence-corrected chi connectivity index (χ1v) is 10.3. The van der Waals surface area contributed by atoms with E-state index < -0.39 is 0 Å². The smallest absolute Gasteiger partial charge is 0.274 e. The summed E-state index contributed by atoms with van der Waals surface area (Å²) in [4.78, 5) is 27.5. The van der Waals surface area contributed by atoms with Crippen molar-refractivity contribution in [3.05, 3.63) is 76.2 Å². The van der Waals surface area contributed by atoms with Crippen LogP contribution in [0.4, 0.5) is 0 Å². The van der Waals surface area contributed by atoms with Crippen LogP contribution in [0.3, 0.4) is 0 Å². The lowest BCUT2D eigenvalue weighted by molar-refractivity contribution is -0.909. The molecule has 0 saturated carbocycles. The van der Waals surface area contributed by atoms with E-state index >= 15 is 0 Å². The average molecular weight is 391 g/mol. The Morgan fingerprint density at radius 3 is 2.62 bits per heavy atom. The summed E-state index contributed by atoms with van der Waals surface area (Å²) in [5.41, 5.74) is 1.10. The number of likely N-dealkylation sites (tertiary alicyclic amines) is 1. The summed E-state index contributed by atoms with van der Waals surface area (Å²) in [5, 5.41) is 8.66. The zero-order valence-electron chi connectivity index (χ0n) is 16.7. The van der Waals surface area contributed by atoms with E-state index in [0.29, 0.717) is 35.6 Å². The van der Waals surface area contributed by atoms with Crippen LogP contribution in [0.25, 0.3) is 10.8 Å². The predicted molar refractivity (Wildman–Crippen MR) is 113 cm³/mol. The van der Waals surface area contributed by atoms with Gasteiger partial charge in [0.2, 0.25) is 0 Å². The SMILES string of the molecule is CC[NH+]1CCC[C@@H]1CNC(=O)c1nn(Cc2ccccc2)c(=O)c2ccccc12. The maximum atomic E-state index is 13.0. The summed E-state index contributed by atoms with van der Waals surface area (Å²) in [6.07, 6.45) is 2.33. The number of nitrogens with one attached hydrogen (secondary N) is 2. The largest absolute Gasteiger partial charge is 0.345 e. The van der Waals surface area contributed by atoms with Crippen molar-refractivity contribution in [2.24, 2.45) is 0 Å². The molecule has 2 N–H and O–H groups in total. The van der Waals surface area contributed by atoms with Gasteiger partial charge in [0, 0.05) is 18.2 Å². The molecule has 3 aromatic rings. The van der Waals surface area contributed by atoms with Crippen molar-refractivity contribution in [3.63, 3.8) is 0 Å². The molecule has 4 rings (SSSR count). The van der Waals surface area contributed by atoms with Crippen LogP contribution in [0, 0.1) is 0 Å². The fourth-order valence-corrected chi connectivity index (χ4v) is 4.26. The summed E-state index contributed by atoms with van der Waals surface area (Å²) in [5.74, 6) is -0.217. The van der Waals surface area contributed by atoms with Crippen LogP contribution in [0.1, 0.15) is 35.8 Å². The number of carbonyl (C=O) groups excluding carboxylic acids is 1. The molecule has 0 aliphatic carbocycles. The Kier molecular flexibility index (Phi) is 5.71. The Labute approximate surface area is 170 Å². The van der Waals surface area contributed by atoms with Crippen molar-refractivity contribution in [2.45, 2.75) is 32.4 Å². The lowest BCUT2D eigenvalue weighted by atomic mass is 10.1. The number of benzene rings is 2. The van der Waals surface area contributed by atoms with Gasteiger partial charge >= 0.3 is 0 Å². The molecule has 6 heteroatoms. The minimum atomic E-state index is -0.217. The number of carbonyl (C=O) groups is 1. The van der Waals surface area contributed by atoms with E-state index in [1.807, 2.05) is 42.5 Å². The summed E-state index contributed by atoms with van der Waals surface area (Å²) < 4.78 is 1.39. The van der Waals surface area contributed by atoms with E-state index in [9.17, 15) is 9.59 Å². The first kappa shape index (κ1) is 19.3. The Bertz CT molecular complexity index is 1060. The Hall–Kier alpha value is -2.99. The number of quaternary nitrogens is 1. The molecular weight excluding hydrogens is 364 g/mol. The fraction of sp³-hybridized carbons (Fsp3) is 0.348. The standard InChI is InChI=1S/C23H26N4O2/c1-2-26-14-8-11-18(26)15-24-22(28)21-19-12-6-7-13-20(19)23(29)27(25-21)16-17-9-4-3-5-10-17/h3-7,9-10,12-13,18H,2,8,11,14-16H2,1H3,(H,24,28)/p+1/t18-/m1/s1. The number of aromatic nitrogens is 2. The molecule has 29 heavy (non-hydrogen) atoms. The summed E-state index contributed by atoms with van der Waals surface area (Å²) >= 11 is 0. The van der Waals surface area contributed by atoms with Gasteiger partial charge in [0.25, 0.3) is 11.5 Å². The first-order chi connectivity index (χ1) is 14.2. The highest BCUT2D eigenvalue weighted by atomic mass is 16.2. The van der Waals surface area contributed by atoms with Gasteiger partial charge in [-0.05, 0) is 18.6 Å². The summed E-state index contributed by atoms with van der Waals surface area (Å²) in [6.45, 7) is 5.39. The van der Waals surface area contributed by atoms with E-state index in [0.717, 1.165) is 18.5 Å². The highest BCUT2D eigenvalue weighted by Gasteiger charge is 2.28. The van der Waals surface area contributed by atoms with Crippen molar-refractivity contribution in [1.29, 1.82) is 0 Å². The maximum absolute atomic E-state index is 13.0. The average Bonchev–Trinajstić information content (AvgIpc) is 3.22. The van der Waals surface area contributed by atoms with E-state index in [-0.39, 0.29) is 11.5 Å². The molecule has 2 heterocycles. The Morgan fingerprint density at radius 1 is 1.14 bits per heavy atom. The van der Waals surface area contributed by atoms with Crippen LogP contribution in [-0.4, -0.2) is 41.4 Å². The molecule has 1 amide bonds. The van der Waals surface area contributed by atoms with Gasteiger partial charge in [-0.2, -0.15) is 5.10 Å². The van der Waals surface area contributed by atoms with E-state index in [1.165, 1.54) is 22.5 Å². The molecule has 1 saturated heterocycles. The molecule has 150 valence electrons. The van der Waals surface area contributed by atoms with E-state index in [1.54, 1.807) is 12.1 Å². The molecule has 1 aliphatic rings. The number of hydrogen-bond acceptors (Lipinski definition) is 3. The normalized spacial score (nSPS) is 18.8. The lowest BCUT2D eigenvalue weighted by Crippen LogP contribution is -3.14. The molecule has 0 radical (unpaired) electrons. The zero-order valence-corrected chi connectivity index (χ0v) is 16.7. The molecular formula is C23H27N4O2+. The molecule has 6 nitrogen and oxygen atoms in total. The highest BCUT2D eigenvalue weighted by molar-refractivity contribution is 6.04. The highest BCUT2D eigenvalue weighted by Crippen LogP contribution is 2.14. The molecule has 1 aromatic heterocycles. The lowest BCUT2D eigenvalue weighted by Gasteiger charge is -2.20. The second-order valence-electron chi connectivity index (χ2n) is 7.65. The van der Waals surface area contributed by atoms with E-state index in [2.05, 4.69) is 17.3 Å². The quantitative estimate of drug-likeness (QED) is 0.664. The second-order valence-corrected chi connectivity index (χ2v) is 7.65. The van der Waals surface area contributed by atoms with Gasteiger partial charge in [0.05, 0.1) is 31.6 Å². The molecule has 0 spiro atoms. The number of nitrogens with zero attached hydrogens (tertiary/aromatic N) is 2. The van der Waals surface area contributed by atoms with E-state index in [4.69, 9.17) is 0 Å². The minimum absolute atomic E-state index is 0.182. The molecule has 2 atom stereocenters. The van der Waals surface area contributed by atoms with Gasteiger partial charge in [-0.1, -0.05) is 48.5 Å². The van der Waals surface area contributed by atoms with Crippen LogP contribution in [0.15, 0.2) is 59.4 Å². The minimum Gasteiger partial charge on any atom is -0.345 e. The third-order valence-corrected chi connectivity index (χ3v) is 5.85. The van der Waals surface area contributed by atoms with Crippen molar-refractivity contribution < 1.29 is 9.69 Å². The van der Waals surface area contributed by atoms with Crippen LogP contribution >= 0.6 is 0 Å². The molecule has 1 fully saturated rings. The van der Waals surface area contributed by atoms with Gasteiger partial charge in [0.1, 0.15) is 6.04 Å². The molecule has 2 aromatic carbocycles. The third-order valence-electron chi connectivity index (χ3n) is 5.85. The summed E-state index contributed by atoms with van der Waals surface area (Å²) in [7, 11) is 0. The van der Waals surface area contributed by atoms with Gasteiger partial charge in [-0.3, -0.25) is 9.59 Å². The molecule has 0 bridgehead atoms. The first-order valence-electron chi connectivity index (χ1n) is 10.3. The van der Waals surface area contributed by atoms with Crippen molar-refractivity contribution >= 4 is 16.7 Å². The fourth-order valence-electron chi connectivity index (χ4n) is 4.26.